The van der Waals surface area contributed by atoms with Crippen molar-refractivity contribution in [2.45, 2.75) is 34.6 Å². The minimum atomic E-state index is 0.953. The van der Waals surface area contributed by atoms with Gasteiger partial charge in [0.2, 0.25) is 0 Å². The molecule has 0 spiro atoms. The van der Waals surface area contributed by atoms with Crippen molar-refractivity contribution >= 4 is 17.1 Å². The molecule has 0 atom stereocenters. The van der Waals surface area contributed by atoms with E-state index in [1.807, 2.05) is 45.9 Å². The number of nitrogens with zero attached hydrogens (tertiary/aromatic N) is 2. The SMILES string of the molecule is C/C=C/c1nc2ccc(C)cc2nc1C.CC. The van der Waals surface area contributed by atoms with Gasteiger partial charge in [0.25, 0.3) is 0 Å². The zero-order valence-corrected chi connectivity index (χ0v) is 11.3. The highest BCUT2D eigenvalue weighted by Gasteiger charge is 2.01. The highest BCUT2D eigenvalue weighted by Crippen LogP contribution is 2.15. The van der Waals surface area contributed by atoms with Crippen molar-refractivity contribution in [2.75, 3.05) is 0 Å². The first-order chi connectivity index (χ1) is 8.20. The van der Waals surface area contributed by atoms with Crippen LogP contribution in [0.5, 0.6) is 0 Å². The highest BCUT2D eigenvalue weighted by atomic mass is 14.8. The van der Waals surface area contributed by atoms with Crippen molar-refractivity contribution in [3.63, 3.8) is 0 Å². The van der Waals surface area contributed by atoms with E-state index in [9.17, 15) is 0 Å². The summed E-state index contributed by atoms with van der Waals surface area (Å²) in [5.74, 6) is 0. The summed E-state index contributed by atoms with van der Waals surface area (Å²) in [5, 5.41) is 0. The van der Waals surface area contributed by atoms with Crippen LogP contribution in [0.4, 0.5) is 0 Å². The lowest BCUT2D eigenvalue weighted by Crippen LogP contribution is -1.93. The standard InChI is InChI=1S/C13H14N2.C2H6/c1-4-5-11-10(3)14-13-8-9(2)6-7-12(13)15-11;1-2/h4-8H,1-3H3;1-2H3/b5-4+;. The van der Waals surface area contributed by atoms with Gasteiger partial charge in [0.05, 0.1) is 22.4 Å². The Morgan fingerprint density at radius 3 is 2.35 bits per heavy atom. The van der Waals surface area contributed by atoms with E-state index in [1.54, 1.807) is 0 Å². The molecule has 2 heteroatoms. The van der Waals surface area contributed by atoms with Crippen molar-refractivity contribution in [2.24, 2.45) is 0 Å². The summed E-state index contributed by atoms with van der Waals surface area (Å²) in [4.78, 5) is 9.10. The van der Waals surface area contributed by atoms with E-state index in [2.05, 4.69) is 29.0 Å². The Hall–Kier alpha value is -1.70. The Morgan fingerprint density at radius 1 is 1.00 bits per heavy atom. The number of benzene rings is 1. The number of rotatable bonds is 1. The van der Waals surface area contributed by atoms with Crippen LogP contribution in [0, 0.1) is 13.8 Å². The van der Waals surface area contributed by atoms with Crippen LogP contribution in [0.3, 0.4) is 0 Å². The molecule has 0 saturated heterocycles. The summed E-state index contributed by atoms with van der Waals surface area (Å²) in [6.07, 6.45) is 3.97. The minimum absolute atomic E-state index is 0.953. The number of aryl methyl sites for hydroxylation is 2. The van der Waals surface area contributed by atoms with E-state index in [0.717, 1.165) is 22.4 Å². The van der Waals surface area contributed by atoms with E-state index in [0.29, 0.717) is 0 Å². The van der Waals surface area contributed by atoms with Gasteiger partial charge in [-0.05, 0) is 44.5 Å². The topological polar surface area (TPSA) is 25.8 Å². The van der Waals surface area contributed by atoms with E-state index in [-0.39, 0.29) is 0 Å². The fourth-order valence-corrected chi connectivity index (χ4v) is 1.58. The van der Waals surface area contributed by atoms with Crippen molar-refractivity contribution in [3.05, 3.63) is 41.2 Å². The third kappa shape index (κ3) is 3.13. The maximum Gasteiger partial charge on any atom is 0.0894 e. The summed E-state index contributed by atoms with van der Waals surface area (Å²) in [6.45, 7) is 10.0. The Labute approximate surface area is 103 Å². The molecule has 0 fully saturated rings. The fraction of sp³-hybridized carbons (Fsp3) is 0.333. The molecule has 2 nitrogen and oxygen atoms in total. The smallest absolute Gasteiger partial charge is 0.0894 e. The molecule has 0 unspecified atom stereocenters. The summed E-state index contributed by atoms with van der Waals surface area (Å²) in [7, 11) is 0. The monoisotopic (exact) mass is 228 g/mol. The predicted molar refractivity (Wildman–Crippen MR) is 75.1 cm³/mol. The number of hydrogen-bond donors (Lipinski definition) is 0. The molecule has 0 N–H and O–H groups in total. The fourth-order valence-electron chi connectivity index (χ4n) is 1.58. The van der Waals surface area contributed by atoms with Gasteiger partial charge in [-0.3, -0.25) is 0 Å². The molecule has 17 heavy (non-hydrogen) atoms. The Morgan fingerprint density at radius 2 is 1.71 bits per heavy atom. The van der Waals surface area contributed by atoms with E-state index in [4.69, 9.17) is 0 Å². The van der Waals surface area contributed by atoms with Gasteiger partial charge in [-0.1, -0.05) is 26.0 Å². The van der Waals surface area contributed by atoms with E-state index >= 15 is 0 Å². The maximum atomic E-state index is 4.56. The predicted octanol–water partition coefficient (Wildman–Crippen LogP) is 4.31. The van der Waals surface area contributed by atoms with E-state index in [1.165, 1.54) is 5.56 Å². The van der Waals surface area contributed by atoms with Gasteiger partial charge in [-0.25, -0.2) is 9.97 Å². The van der Waals surface area contributed by atoms with Crippen LogP contribution in [0.15, 0.2) is 24.3 Å². The maximum absolute atomic E-state index is 4.56. The molecule has 90 valence electrons. The molecule has 0 bridgehead atoms. The molecule has 0 saturated carbocycles. The van der Waals surface area contributed by atoms with Crippen molar-refractivity contribution in [1.82, 2.24) is 9.97 Å². The Balaban J connectivity index is 0.000000686. The largest absolute Gasteiger partial charge is 0.249 e. The van der Waals surface area contributed by atoms with Crippen LogP contribution in [-0.2, 0) is 0 Å². The van der Waals surface area contributed by atoms with Crippen molar-refractivity contribution in [3.8, 4) is 0 Å². The molecule has 1 heterocycles. The Bertz CT molecular complexity index is 528. The molecule has 0 aliphatic rings. The van der Waals surface area contributed by atoms with Gasteiger partial charge in [0, 0.05) is 0 Å². The second-order valence-electron chi connectivity index (χ2n) is 3.69. The average Bonchev–Trinajstić information content (AvgIpc) is 2.33. The Kier molecular flexibility index (Phi) is 4.83. The lowest BCUT2D eigenvalue weighted by molar-refractivity contribution is 1.16. The quantitative estimate of drug-likeness (QED) is 0.727. The molecule has 0 radical (unpaired) electrons. The van der Waals surface area contributed by atoms with Gasteiger partial charge >= 0.3 is 0 Å². The third-order valence-electron chi connectivity index (χ3n) is 2.36. The molecular weight excluding hydrogens is 208 g/mol. The zero-order valence-electron chi connectivity index (χ0n) is 11.3. The van der Waals surface area contributed by atoms with Gasteiger partial charge < -0.3 is 0 Å². The van der Waals surface area contributed by atoms with Crippen LogP contribution in [-0.4, -0.2) is 9.97 Å². The summed E-state index contributed by atoms with van der Waals surface area (Å²) < 4.78 is 0. The van der Waals surface area contributed by atoms with Crippen LogP contribution in [0.25, 0.3) is 17.1 Å². The van der Waals surface area contributed by atoms with E-state index < -0.39 is 0 Å². The van der Waals surface area contributed by atoms with Gasteiger partial charge in [-0.2, -0.15) is 0 Å². The zero-order chi connectivity index (χ0) is 12.8. The van der Waals surface area contributed by atoms with Crippen molar-refractivity contribution in [1.29, 1.82) is 0 Å². The average molecular weight is 228 g/mol. The second kappa shape index (κ2) is 6.14. The van der Waals surface area contributed by atoms with Crippen molar-refractivity contribution < 1.29 is 0 Å². The summed E-state index contributed by atoms with van der Waals surface area (Å²) in [6, 6.07) is 6.14. The molecule has 0 aliphatic carbocycles. The number of fused-ring (bicyclic) bond motifs is 1. The lowest BCUT2D eigenvalue weighted by Gasteiger charge is -2.03. The number of aromatic nitrogens is 2. The summed E-state index contributed by atoms with van der Waals surface area (Å²) >= 11 is 0. The first-order valence-electron chi connectivity index (χ1n) is 6.08. The molecule has 2 aromatic rings. The molecule has 0 amide bonds. The molecular formula is C15H20N2. The first kappa shape index (κ1) is 13.4. The first-order valence-corrected chi connectivity index (χ1v) is 6.08. The number of allylic oxidation sites excluding steroid dienone is 1. The summed E-state index contributed by atoms with van der Waals surface area (Å²) in [5.41, 5.74) is 5.08. The lowest BCUT2D eigenvalue weighted by atomic mass is 10.2. The van der Waals surface area contributed by atoms with Gasteiger partial charge in [0.1, 0.15) is 0 Å². The molecule has 2 rings (SSSR count). The molecule has 0 aliphatic heterocycles. The van der Waals surface area contributed by atoms with Gasteiger partial charge in [-0.15, -0.1) is 0 Å². The van der Waals surface area contributed by atoms with Crippen LogP contribution >= 0.6 is 0 Å². The molecule has 1 aromatic carbocycles. The normalized spacial score (nSPS) is 10.4. The second-order valence-corrected chi connectivity index (χ2v) is 3.69. The minimum Gasteiger partial charge on any atom is -0.249 e. The van der Waals surface area contributed by atoms with Crippen LogP contribution in [0.1, 0.15) is 37.7 Å². The van der Waals surface area contributed by atoms with Crippen LogP contribution in [0.2, 0.25) is 0 Å². The van der Waals surface area contributed by atoms with Crippen LogP contribution < -0.4 is 0 Å². The van der Waals surface area contributed by atoms with Gasteiger partial charge in [0.15, 0.2) is 0 Å². The number of hydrogen-bond acceptors (Lipinski definition) is 2. The third-order valence-corrected chi connectivity index (χ3v) is 2.36. The molecule has 1 aromatic heterocycles. The highest BCUT2D eigenvalue weighted by molar-refractivity contribution is 5.76.